The third-order valence-electron chi connectivity index (χ3n) is 3.36. The molecule has 0 unspecified atom stereocenters. The SMILES string of the molecule is Cc1cc(C(=O)Nc2ccc(-n3ccnc3C)nc2)c(C)o1. The minimum absolute atomic E-state index is 0.206. The molecule has 1 amide bonds. The fourth-order valence-corrected chi connectivity index (χ4v) is 2.28. The summed E-state index contributed by atoms with van der Waals surface area (Å²) < 4.78 is 7.24. The molecule has 0 aliphatic rings. The molecule has 3 rings (SSSR count). The summed E-state index contributed by atoms with van der Waals surface area (Å²) in [6.45, 7) is 5.49. The summed E-state index contributed by atoms with van der Waals surface area (Å²) in [6, 6.07) is 5.36. The third-order valence-corrected chi connectivity index (χ3v) is 3.36. The lowest BCUT2D eigenvalue weighted by atomic mass is 10.2. The van der Waals surface area contributed by atoms with Crippen LogP contribution in [0.15, 0.2) is 41.2 Å². The second-order valence-electron chi connectivity index (χ2n) is 5.03. The molecule has 0 saturated heterocycles. The lowest BCUT2D eigenvalue weighted by Crippen LogP contribution is -2.12. The standard InChI is InChI=1S/C16H16N4O2/c1-10-8-14(11(2)22-10)16(21)19-13-4-5-15(18-9-13)20-7-6-17-12(20)3/h4-9H,1-3H3,(H,19,21). The molecule has 0 aliphatic carbocycles. The number of nitrogens with zero attached hydrogens (tertiary/aromatic N) is 3. The average Bonchev–Trinajstić information content (AvgIpc) is 3.05. The Morgan fingerprint density at radius 3 is 2.59 bits per heavy atom. The predicted molar refractivity (Wildman–Crippen MR) is 82.2 cm³/mol. The van der Waals surface area contributed by atoms with Crippen LogP contribution < -0.4 is 5.32 Å². The summed E-state index contributed by atoms with van der Waals surface area (Å²) in [5.74, 6) is 2.72. The first-order valence-electron chi connectivity index (χ1n) is 6.89. The van der Waals surface area contributed by atoms with Crippen LogP contribution in [-0.4, -0.2) is 20.4 Å². The molecule has 112 valence electrons. The number of aromatic nitrogens is 3. The highest BCUT2D eigenvalue weighted by Crippen LogP contribution is 2.17. The van der Waals surface area contributed by atoms with E-state index < -0.39 is 0 Å². The second kappa shape index (κ2) is 5.48. The summed E-state index contributed by atoms with van der Waals surface area (Å²) in [7, 11) is 0. The van der Waals surface area contributed by atoms with Gasteiger partial charge < -0.3 is 9.73 Å². The Hall–Kier alpha value is -2.89. The lowest BCUT2D eigenvalue weighted by Gasteiger charge is -2.07. The number of carbonyl (C=O) groups is 1. The van der Waals surface area contributed by atoms with E-state index >= 15 is 0 Å². The van der Waals surface area contributed by atoms with Crippen molar-refractivity contribution in [2.24, 2.45) is 0 Å². The molecular weight excluding hydrogens is 280 g/mol. The van der Waals surface area contributed by atoms with Crippen LogP contribution in [0.1, 0.15) is 27.7 Å². The van der Waals surface area contributed by atoms with Gasteiger partial charge in [-0.2, -0.15) is 0 Å². The molecule has 6 nitrogen and oxygen atoms in total. The summed E-state index contributed by atoms with van der Waals surface area (Å²) >= 11 is 0. The molecule has 0 bridgehead atoms. The van der Waals surface area contributed by atoms with Gasteiger partial charge in [0.05, 0.1) is 17.4 Å². The van der Waals surface area contributed by atoms with Crippen molar-refractivity contribution in [3.63, 3.8) is 0 Å². The molecule has 0 aliphatic heterocycles. The zero-order chi connectivity index (χ0) is 15.7. The molecule has 0 spiro atoms. The molecule has 0 saturated carbocycles. The van der Waals surface area contributed by atoms with Crippen molar-refractivity contribution in [3.8, 4) is 5.82 Å². The van der Waals surface area contributed by atoms with Gasteiger partial charge in [0, 0.05) is 12.4 Å². The van der Waals surface area contributed by atoms with Crippen LogP contribution in [0.25, 0.3) is 5.82 Å². The van der Waals surface area contributed by atoms with Crippen LogP contribution in [0, 0.1) is 20.8 Å². The van der Waals surface area contributed by atoms with E-state index in [2.05, 4.69) is 15.3 Å². The highest BCUT2D eigenvalue weighted by molar-refractivity contribution is 6.04. The number of furan rings is 1. The highest BCUT2D eigenvalue weighted by atomic mass is 16.3. The van der Waals surface area contributed by atoms with E-state index in [9.17, 15) is 4.79 Å². The quantitative estimate of drug-likeness (QED) is 0.806. The summed E-state index contributed by atoms with van der Waals surface area (Å²) in [5.41, 5.74) is 1.16. The van der Waals surface area contributed by atoms with Crippen LogP contribution in [0.3, 0.4) is 0 Å². The first-order chi connectivity index (χ1) is 10.5. The molecule has 3 heterocycles. The largest absolute Gasteiger partial charge is 0.466 e. The van der Waals surface area contributed by atoms with Crippen LogP contribution in [0.5, 0.6) is 0 Å². The molecule has 1 N–H and O–H groups in total. The number of pyridine rings is 1. The molecule has 0 radical (unpaired) electrons. The topological polar surface area (TPSA) is 73.0 Å². The van der Waals surface area contributed by atoms with Crippen molar-refractivity contribution in [1.29, 1.82) is 0 Å². The Labute approximate surface area is 127 Å². The molecule has 0 fully saturated rings. The summed E-state index contributed by atoms with van der Waals surface area (Å²) in [4.78, 5) is 20.7. The normalized spacial score (nSPS) is 10.7. The van der Waals surface area contributed by atoms with Crippen molar-refractivity contribution >= 4 is 11.6 Å². The van der Waals surface area contributed by atoms with E-state index in [1.54, 1.807) is 25.4 Å². The van der Waals surface area contributed by atoms with Gasteiger partial charge in [0.2, 0.25) is 0 Å². The summed E-state index contributed by atoms with van der Waals surface area (Å²) in [5, 5.41) is 2.81. The van der Waals surface area contributed by atoms with Crippen molar-refractivity contribution in [2.45, 2.75) is 20.8 Å². The fraction of sp³-hybridized carbons (Fsp3) is 0.188. The average molecular weight is 296 g/mol. The van der Waals surface area contributed by atoms with Crippen LogP contribution in [-0.2, 0) is 0 Å². The van der Waals surface area contributed by atoms with E-state index in [1.165, 1.54) is 0 Å². The van der Waals surface area contributed by atoms with Gasteiger partial charge in [-0.05, 0) is 39.0 Å². The molecule has 22 heavy (non-hydrogen) atoms. The Kier molecular flexibility index (Phi) is 3.50. The fourth-order valence-electron chi connectivity index (χ4n) is 2.28. The minimum Gasteiger partial charge on any atom is -0.466 e. The van der Waals surface area contributed by atoms with E-state index in [-0.39, 0.29) is 5.91 Å². The van der Waals surface area contributed by atoms with Crippen LogP contribution in [0.2, 0.25) is 0 Å². The Morgan fingerprint density at radius 2 is 2.05 bits per heavy atom. The van der Waals surface area contributed by atoms with E-state index in [0.717, 1.165) is 11.6 Å². The number of nitrogens with one attached hydrogen (secondary N) is 1. The van der Waals surface area contributed by atoms with E-state index in [0.29, 0.717) is 22.8 Å². The minimum atomic E-state index is -0.206. The zero-order valence-electron chi connectivity index (χ0n) is 12.6. The Bertz CT molecular complexity index is 815. The maximum atomic E-state index is 12.2. The molecule has 0 aromatic carbocycles. The lowest BCUT2D eigenvalue weighted by molar-refractivity contribution is 0.102. The van der Waals surface area contributed by atoms with Crippen LogP contribution >= 0.6 is 0 Å². The number of hydrogen-bond donors (Lipinski definition) is 1. The maximum absolute atomic E-state index is 12.2. The molecule has 3 aromatic heterocycles. The maximum Gasteiger partial charge on any atom is 0.259 e. The number of aryl methyl sites for hydroxylation is 3. The van der Waals surface area contributed by atoms with Gasteiger partial charge >= 0.3 is 0 Å². The highest BCUT2D eigenvalue weighted by Gasteiger charge is 2.13. The predicted octanol–water partition coefficient (Wildman–Crippen LogP) is 3.04. The Balaban J connectivity index is 1.78. The van der Waals surface area contributed by atoms with Crippen molar-refractivity contribution < 1.29 is 9.21 Å². The van der Waals surface area contributed by atoms with E-state index in [1.807, 2.05) is 36.7 Å². The van der Waals surface area contributed by atoms with Gasteiger partial charge in [0.15, 0.2) is 0 Å². The number of anilines is 1. The second-order valence-corrected chi connectivity index (χ2v) is 5.03. The zero-order valence-corrected chi connectivity index (χ0v) is 12.6. The number of amides is 1. The van der Waals surface area contributed by atoms with Gasteiger partial charge in [-0.15, -0.1) is 0 Å². The monoisotopic (exact) mass is 296 g/mol. The molecule has 0 atom stereocenters. The summed E-state index contributed by atoms with van der Waals surface area (Å²) in [6.07, 6.45) is 5.18. The molecular formula is C16H16N4O2. The first-order valence-corrected chi connectivity index (χ1v) is 6.89. The molecule has 6 heteroatoms. The number of hydrogen-bond acceptors (Lipinski definition) is 4. The number of carbonyl (C=O) groups excluding carboxylic acids is 1. The Morgan fingerprint density at radius 1 is 1.23 bits per heavy atom. The molecule has 3 aromatic rings. The van der Waals surface area contributed by atoms with Gasteiger partial charge in [-0.3, -0.25) is 9.36 Å². The first kappa shape index (κ1) is 14.1. The van der Waals surface area contributed by atoms with Gasteiger partial charge in [-0.25, -0.2) is 9.97 Å². The van der Waals surface area contributed by atoms with Gasteiger partial charge in [-0.1, -0.05) is 0 Å². The number of rotatable bonds is 3. The smallest absolute Gasteiger partial charge is 0.259 e. The van der Waals surface area contributed by atoms with Gasteiger partial charge in [0.1, 0.15) is 23.2 Å². The van der Waals surface area contributed by atoms with Crippen molar-refractivity contribution in [3.05, 3.63) is 59.7 Å². The van der Waals surface area contributed by atoms with Crippen LogP contribution in [0.4, 0.5) is 5.69 Å². The van der Waals surface area contributed by atoms with Crippen molar-refractivity contribution in [2.75, 3.05) is 5.32 Å². The third kappa shape index (κ3) is 2.63. The van der Waals surface area contributed by atoms with E-state index in [4.69, 9.17) is 4.42 Å². The van der Waals surface area contributed by atoms with Crippen molar-refractivity contribution in [1.82, 2.24) is 14.5 Å². The van der Waals surface area contributed by atoms with Gasteiger partial charge in [0.25, 0.3) is 5.91 Å². The number of imidazole rings is 1.